The summed E-state index contributed by atoms with van der Waals surface area (Å²) in [5, 5.41) is 20.7. The molecule has 0 spiro atoms. The Morgan fingerprint density at radius 2 is 2.07 bits per heavy atom. The van der Waals surface area contributed by atoms with Gasteiger partial charge in [0, 0.05) is 30.8 Å². The van der Waals surface area contributed by atoms with Crippen LogP contribution in [0.4, 0.5) is 11.4 Å². The number of hydrogen-bond donors (Lipinski definition) is 0. The molecule has 1 aromatic carbocycles. The van der Waals surface area contributed by atoms with E-state index in [2.05, 4.69) is 0 Å². The molecule has 1 aliphatic heterocycles. The topological polar surface area (TPSA) is 110 Å². The maximum absolute atomic E-state index is 11.7. The molecule has 0 atom stereocenters. The summed E-state index contributed by atoms with van der Waals surface area (Å²) in [6.45, 7) is 3.42. The first-order valence-corrected chi connectivity index (χ1v) is 9.46. The van der Waals surface area contributed by atoms with Gasteiger partial charge < -0.3 is 14.1 Å². The van der Waals surface area contributed by atoms with Crippen molar-refractivity contribution in [2.24, 2.45) is 0 Å². The summed E-state index contributed by atoms with van der Waals surface area (Å²) in [5.74, 6) is -0.0347. The van der Waals surface area contributed by atoms with E-state index < -0.39 is 5.97 Å². The number of esters is 1. The van der Waals surface area contributed by atoms with Gasteiger partial charge in [0.1, 0.15) is 28.9 Å². The number of ether oxygens (including phenoxy) is 1. The quantitative estimate of drug-likeness (QED) is 0.235. The first-order chi connectivity index (χ1) is 14.0. The second-order valence-corrected chi connectivity index (χ2v) is 6.60. The fourth-order valence-electron chi connectivity index (χ4n) is 3.30. The summed E-state index contributed by atoms with van der Waals surface area (Å²) in [6, 6.07) is 10.0. The van der Waals surface area contributed by atoms with Crippen molar-refractivity contribution in [3.63, 3.8) is 0 Å². The number of hydrogen-bond acceptors (Lipinski definition) is 7. The molecule has 0 radical (unpaired) electrons. The van der Waals surface area contributed by atoms with Crippen molar-refractivity contribution in [3.05, 3.63) is 51.8 Å². The predicted octanol–water partition coefficient (Wildman–Crippen LogP) is 4.32. The van der Waals surface area contributed by atoms with Crippen LogP contribution in [0, 0.1) is 21.4 Å². The summed E-state index contributed by atoms with van der Waals surface area (Å²) in [6.07, 6.45) is 4.47. The molecule has 0 aliphatic carbocycles. The lowest BCUT2D eigenvalue weighted by atomic mass is 10.1. The zero-order chi connectivity index (χ0) is 20.8. The van der Waals surface area contributed by atoms with E-state index in [4.69, 9.17) is 14.4 Å². The smallest absolute Gasteiger partial charge is 0.349 e. The van der Waals surface area contributed by atoms with Gasteiger partial charge in [-0.25, -0.2) is 4.79 Å². The van der Waals surface area contributed by atoms with E-state index in [1.54, 1.807) is 37.3 Å². The number of carbonyl (C=O) groups is 1. The first kappa shape index (κ1) is 20.1. The Bertz CT molecular complexity index is 980. The van der Waals surface area contributed by atoms with Crippen molar-refractivity contribution in [2.45, 2.75) is 26.2 Å². The molecule has 0 unspecified atom stereocenters. The Kier molecular flexibility index (Phi) is 6.29. The van der Waals surface area contributed by atoms with E-state index in [1.165, 1.54) is 12.1 Å². The fraction of sp³-hybridized carbons (Fsp3) is 0.333. The van der Waals surface area contributed by atoms with Crippen molar-refractivity contribution in [1.29, 1.82) is 5.26 Å². The van der Waals surface area contributed by atoms with E-state index >= 15 is 0 Å². The van der Waals surface area contributed by atoms with Crippen LogP contribution in [0.5, 0.6) is 0 Å². The second-order valence-electron chi connectivity index (χ2n) is 6.60. The number of furan rings is 1. The highest BCUT2D eigenvalue weighted by Gasteiger charge is 2.22. The van der Waals surface area contributed by atoms with Gasteiger partial charge in [0.2, 0.25) is 0 Å². The molecule has 8 heteroatoms. The number of nitriles is 1. The third-order valence-electron chi connectivity index (χ3n) is 4.68. The molecular formula is C21H21N3O5. The van der Waals surface area contributed by atoms with Gasteiger partial charge in [-0.1, -0.05) is 0 Å². The van der Waals surface area contributed by atoms with Gasteiger partial charge in [-0.15, -0.1) is 0 Å². The van der Waals surface area contributed by atoms with E-state index in [1.807, 2.05) is 4.90 Å². The molecule has 8 nitrogen and oxygen atoms in total. The van der Waals surface area contributed by atoms with Gasteiger partial charge in [-0.3, -0.25) is 10.1 Å². The largest absolute Gasteiger partial charge is 0.462 e. The standard InChI is InChI=1S/C21H21N3O5/c1-2-28-21(25)16(14-22)12-17-7-9-20(29-17)15-6-8-18(19(13-15)24(26)27)23-10-4-3-5-11-23/h6-9,12-13H,2-5,10-11H2,1H3. The molecule has 1 saturated heterocycles. The number of carbonyl (C=O) groups excluding carboxylic acids is 1. The predicted molar refractivity (Wildman–Crippen MR) is 107 cm³/mol. The lowest BCUT2D eigenvalue weighted by Gasteiger charge is -2.28. The van der Waals surface area contributed by atoms with Crippen LogP contribution in [0.2, 0.25) is 0 Å². The van der Waals surface area contributed by atoms with Crippen molar-refractivity contribution >= 4 is 23.4 Å². The van der Waals surface area contributed by atoms with E-state index in [-0.39, 0.29) is 28.6 Å². The Morgan fingerprint density at radius 3 is 2.72 bits per heavy atom. The lowest BCUT2D eigenvalue weighted by molar-refractivity contribution is -0.384. The molecule has 2 aromatic rings. The monoisotopic (exact) mass is 395 g/mol. The van der Waals surface area contributed by atoms with Crippen LogP contribution >= 0.6 is 0 Å². The molecule has 2 heterocycles. The average molecular weight is 395 g/mol. The minimum absolute atomic E-state index is 0.0297. The number of nitrogens with zero attached hydrogens (tertiary/aromatic N) is 3. The maximum atomic E-state index is 11.7. The summed E-state index contributed by atoms with van der Waals surface area (Å²) in [4.78, 5) is 25.0. The molecule has 29 heavy (non-hydrogen) atoms. The summed E-state index contributed by atoms with van der Waals surface area (Å²) >= 11 is 0. The maximum Gasteiger partial charge on any atom is 0.349 e. The van der Waals surface area contributed by atoms with Gasteiger partial charge >= 0.3 is 5.97 Å². The SMILES string of the molecule is CCOC(=O)C(C#N)=Cc1ccc(-c2ccc(N3CCCCC3)c([N+](=O)[O-])c2)o1. The third-order valence-corrected chi connectivity index (χ3v) is 4.68. The second kappa shape index (κ2) is 9.06. The van der Waals surface area contributed by atoms with Crippen LogP contribution in [0.1, 0.15) is 31.9 Å². The molecule has 3 rings (SSSR count). The van der Waals surface area contributed by atoms with Crippen LogP contribution < -0.4 is 4.90 Å². The van der Waals surface area contributed by atoms with Crippen LogP contribution in [-0.2, 0) is 9.53 Å². The van der Waals surface area contributed by atoms with Crippen molar-refractivity contribution in [3.8, 4) is 17.4 Å². The molecular weight excluding hydrogens is 374 g/mol. The van der Waals surface area contributed by atoms with Gasteiger partial charge in [0.15, 0.2) is 0 Å². The zero-order valence-corrected chi connectivity index (χ0v) is 16.1. The highest BCUT2D eigenvalue weighted by Crippen LogP contribution is 2.35. The molecule has 1 aromatic heterocycles. The van der Waals surface area contributed by atoms with Crippen molar-refractivity contribution in [1.82, 2.24) is 0 Å². The van der Waals surface area contributed by atoms with Crippen LogP contribution in [0.25, 0.3) is 17.4 Å². The van der Waals surface area contributed by atoms with E-state index in [0.717, 1.165) is 32.4 Å². The minimum Gasteiger partial charge on any atom is -0.462 e. The summed E-state index contributed by atoms with van der Waals surface area (Å²) in [7, 11) is 0. The zero-order valence-electron chi connectivity index (χ0n) is 16.1. The van der Waals surface area contributed by atoms with E-state index in [9.17, 15) is 14.9 Å². The molecule has 0 amide bonds. The number of nitro groups is 1. The van der Waals surface area contributed by atoms with Gasteiger partial charge in [0.25, 0.3) is 5.69 Å². The molecule has 0 saturated carbocycles. The van der Waals surface area contributed by atoms with Crippen LogP contribution in [0.15, 0.2) is 40.3 Å². The molecule has 150 valence electrons. The highest BCUT2D eigenvalue weighted by atomic mass is 16.6. The highest BCUT2D eigenvalue weighted by molar-refractivity contribution is 5.97. The van der Waals surface area contributed by atoms with Crippen molar-refractivity contribution in [2.75, 3.05) is 24.6 Å². The normalized spacial score (nSPS) is 14.3. The molecule has 0 bridgehead atoms. The number of anilines is 1. The lowest BCUT2D eigenvalue weighted by Crippen LogP contribution is -2.29. The van der Waals surface area contributed by atoms with Crippen LogP contribution in [0.3, 0.4) is 0 Å². The third kappa shape index (κ3) is 4.63. The summed E-state index contributed by atoms with van der Waals surface area (Å²) < 4.78 is 10.5. The number of benzene rings is 1. The van der Waals surface area contributed by atoms with Gasteiger partial charge in [-0.2, -0.15) is 5.26 Å². The van der Waals surface area contributed by atoms with Gasteiger partial charge in [0.05, 0.1) is 11.5 Å². The number of rotatable bonds is 6. The Balaban J connectivity index is 1.90. The molecule has 1 fully saturated rings. The fourth-order valence-corrected chi connectivity index (χ4v) is 3.30. The van der Waals surface area contributed by atoms with Crippen molar-refractivity contribution < 1.29 is 18.9 Å². The Labute approximate surface area is 168 Å². The molecule has 1 aliphatic rings. The summed E-state index contributed by atoms with van der Waals surface area (Å²) in [5.41, 5.74) is 1.01. The van der Waals surface area contributed by atoms with Gasteiger partial charge in [-0.05, 0) is 50.5 Å². The molecule has 0 N–H and O–H groups in total. The Morgan fingerprint density at radius 1 is 1.31 bits per heavy atom. The number of nitro benzene ring substituents is 1. The average Bonchev–Trinajstić information content (AvgIpc) is 3.21. The number of piperidine rings is 1. The minimum atomic E-state index is -0.727. The first-order valence-electron chi connectivity index (χ1n) is 9.46. The Hall–Kier alpha value is -3.60. The van der Waals surface area contributed by atoms with Crippen LogP contribution in [-0.4, -0.2) is 30.6 Å². The van der Waals surface area contributed by atoms with E-state index in [0.29, 0.717) is 17.0 Å².